The van der Waals surface area contributed by atoms with Gasteiger partial charge in [-0.1, -0.05) is 88.3 Å². The number of benzene rings is 4. The molecule has 0 bridgehead atoms. The lowest BCUT2D eigenvalue weighted by Gasteiger charge is -2.25. The van der Waals surface area contributed by atoms with Gasteiger partial charge in [-0.05, 0) is 65.7 Å². The van der Waals surface area contributed by atoms with Crippen molar-refractivity contribution in [2.75, 3.05) is 16.8 Å². The van der Waals surface area contributed by atoms with E-state index in [1.807, 2.05) is 36.4 Å². The SMILES string of the molecule is N#Cc1cc(F)ccc1N(Cc1ccccc1)C(=O)c1cc(NCC2(C=O)C(c3cc(Cl)cc(Cl)c3)C2(Cl)Cl)ccc1Cl. The monoisotopic (exact) mass is 673 g/mol. The number of hydrogen-bond donors (Lipinski definition) is 1. The summed E-state index contributed by atoms with van der Waals surface area (Å²) in [4.78, 5) is 27.8. The summed E-state index contributed by atoms with van der Waals surface area (Å²) < 4.78 is 12.5. The Morgan fingerprint density at radius 3 is 2.33 bits per heavy atom. The fraction of sp³-hybridized carbons (Fsp3) is 0.156. The largest absolute Gasteiger partial charge is 0.384 e. The van der Waals surface area contributed by atoms with Crippen LogP contribution in [0.1, 0.15) is 33.0 Å². The zero-order chi connectivity index (χ0) is 30.9. The number of amides is 1. The molecule has 4 aromatic carbocycles. The predicted molar refractivity (Wildman–Crippen MR) is 170 cm³/mol. The molecule has 0 aliphatic heterocycles. The number of carbonyl (C=O) groups excluding carboxylic acids is 2. The van der Waals surface area contributed by atoms with Crippen LogP contribution in [0.25, 0.3) is 0 Å². The minimum absolute atomic E-state index is 0.0101. The van der Waals surface area contributed by atoms with Gasteiger partial charge in [-0.2, -0.15) is 5.26 Å². The lowest BCUT2D eigenvalue weighted by molar-refractivity contribution is -0.112. The van der Waals surface area contributed by atoms with E-state index in [1.165, 1.54) is 29.2 Å². The third-order valence-electron chi connectivity index (χ3n) is 7.42. The van der Waals surface area contributed by atoms with Crippen LogP contribution in [-0.2, 0) is 11.3 Å². The first-order valence-electron chi connectivity index (χ1n) is 12.9. The van der Waals surface area contributed by atoms with Gasteiger partial charge in [0.2, 0.25) is 0 Å². The highest BCUT2D eigenvalue weighted by atomic mass is 35.5. The summed E-state index contributed by atoms with van der Waals surface area (Å²) in [6.45, 7) is 0.116. The van der Waals surface area contributed by atoms with E-state index in [-0.39, 0.29) is 34.9 Å². The summed E-state index contributed by atoms with van der Waals surface area (Å²) in [6.07, 6.45) is 0.709. The number of hydrogen-bond acceptors (Lipinski definition) is 4. The molecule has 4 aromatic rings. The predicted octanol–water partition coefficient (Wildman–Crippen LogP) is 9.07. The fourth-order valence-corrected chi connectivity index (χ4v) is 6.91. The number of anilines is 2. The van der Waals surface area contributed by atoms with Gasteiger partial charge in [-0.15, -0.1) is 0 Å². The Hall–Kier alpha value is -3.31. The van der Waals surface area contributed by atoms with E-state index < -0.39 is 27.4 Å². The molecule has 218 valence electrons. The Morgan fingerprint density at radius 1 is 0.977 bits per heavy atom. The van der Waals surface area contributed by atoms with Crippen LogP contribution in [0, 0.1) is 22.6 Å². The van der Waals surface area contributed by atoms with Crippen LogP contribution in [0.5, 0.6) is 0 Å². The lowest BCUT2D eigenvalue weighted by atomic mass is 10.00. The average molecular weight is 676 g/mol. The van der Waals surface area contributed by atoms with Gasteiger partial charge in [0.15, 0.2) is 0 Å². The molecule has 1 fully saturated rings. The number of alkyl halides is 2. The number of nitriles is 1. The summed E-state index contributed by atoms with van der Waals surface area (Å²) >= 11 is 32.1. The van der Waals surface area contributed by atoms with E-state index in [4.69, 9.17) is 58.0 Å². The second-order valence-electron chi connectivity index (χ2n) is 10.1. The molecule has 1 aliphatic rings. The Bertz CT molecular complexity index is 1740. The minimum atomic E-state index is -1.44. The summed E-state index contributed by atoms with van der Waals surface area (Å²) in [5, 5.41) is 13.8. The molecule has 1 aliphatic carbocycles. The van der Waals surface area contributed by atoms with E-state index >= 15 is 0 Å². The van der Waals surface area contributed by atoms with Gasteiger partial charge >= 0.3 is 0 Å². The Balaban J connectivity index is 1.45. The fourth-order valence-electron chi connectivity index (χ4n) is 5.19. The highest BCUT2D eigenvalue weighted by molar-refractivity contribution is 6.54. The van der Waals surface area contributed by atoms with Crippen molar-refractivity contribution in [3.05, 3.63) is 128 Å². The van der Waals surface area contributed by atoms with Gasteiger partial charge < -0.3 is 15.0 Å². The smallest absolute Gasteiger partial charge is 0.260 e. The maximum atomic E-state index is 14.0. The molecular formula is C32H21Cl5FN3O2. The third-order valence-corrected chi connectivity index (χ3v) is 9.33. The maximum absolute atomic E-state index is 14.0. The first-order valence-corrected chi connectivity index (χ1v) is 14.8. The summed E-state index contributed by atoms with van der Waals surface area (Å²) in [5.74, 6) is -1.72. The molecule has 1 N–H and O–H groups in total. The van der Waals surface area contributed by atoms with Gasteiger partial charge in [0.1, 0.15) is 22.5 Å². The van der Waals surface area contributed by atoms with Crippen LogP contribution < -0.4 is 10.2 Å². The van der Waals surface area contributed by atoms with E-state index in [0.29, 0.717) is 27.6 Å². The van der Waals surface area contributed by atoms with Gasteiger partial charge in [0, 0.05) is 28.2 Å². The van der Waals surface area contributed by atoms with E-state index in [9.17, 15) is 19.2 Å². The normalized spacial score (nSPS) is 18.4. The second-order valence-corrected chi connectivity index (χ2v) is 12.8. The number of nitrogens with zero attached hydrogens (tertiary/aromatic N) is 2. The Morgan fingerprint density at radius 2 is 1.67 bits per heavy atom. The Kier molecular flexibility index (Phi) is 8.94. The molecule has 0 radical (unpaired) electrons. The lowest BCUT2D eigenvalue weighted by Crippen LogP contribution is -2.31. The van der Waals surface area contributed by atoms with Crippen molar-refractivity contribution in [1.82, 2.24) is 0 Å². The summed E-state index contributed by atoms with van der Waals surface area (Å²) in [6, 6.07) is 24.4. The van der Waals surface area contributed by atoms with Crippen molar-refractivity contribution < 1.29 is 14.0 Å². The highest BCUT2D eigenvalue weighted by Crippen LogP contribution is 2.73. The van der Waals surface area contributed by atoms with Crippen LogP contribution in [0.15, 0.2) is 84.9 Å². The van der Waals surface area contributed by atoms with Crippen LogP contribution in [0.3, 0.4) is 0 Å². The van der Waals surface area contributed by atoms with Crippen molar-refractivity contribution in [3.63, 3.8) is 0 Å². The summed E-state index contributed by atoms with van der Waals surface area (Å²) in [7, 11) is 0. The Labute approximate surface area is 272 Å². The molecule has 1 saturated carbocycles. The summed E-state index contributed by atoms with van der Waals surface area (Å²) in [5.41, 5.74) is 0.978. The number of aldehydes is 1. The molecule has 0 spiro atoms. The zero-order valence-electron chi connectivity index (χ0n) is 22.1. The zero-order valence-corrected chi connectivity index (χ0v) is 25.9. The topological polar surface area (TPSA) is 73.2 Å². The van der Waals surface area contributed by atoms with Crippen molar-refractivity contribution in [2.24, 2.45) is 5.41 Å². The molecule has 0 heterocycles. The standard InChI is InChI=1S/C32H21Cl5FN3O2/c33-22-10-20(11-23(34)13-22)29-31(18-42,32(29,36)37)17-40-25-7-8-27(35)26(14-25)30(43)41(16-19-4-2-1-3-5-19)28-9-6-24(38)12-21(28)15-39/h1-14,18,29,40H,16-17H2. The quantitative estimate of drug-likeness (QED) is 0.142. The van der Waals surface area contributed by atoms with Crippen molar-refractivity contribution in [3.8, 4) is 6.07 Å². The van der Waals surface area contributed by atoms with Crippen LogP contribution >= 0.6 is 58.0 Å². The molecule has 5 nitrogen and oxygen atoms in total. The van der Waals surface area contributed by atoms with Crippen molar-refractivity contribution in [2.45, 2.75) is 16.8 Å². The first kappa shape index (κ1) is 31.1. The molecule has 2 unspecified atom stereocenters. The molecule has 1 amide bonds. The van der Waals surface area contributed by atoms with Gasteiger partial charge in [0.25, 0.3) is 5.91 Å². The van der Waals surface area contributed by atoms with Crippen molar-refractivity contribution >= 4 is 81.6 Å². The molecule has 5 rings (SSSR count). The number of halogens is 6. The minimum Gasteiger partial charge on any atom is -0.384 e. The second kappa shape index (κ2) is 12.4. The van der Waals surface area contributed by atoms with Crippen LogP contribution in [-0.4, -0.2) is 23.1 Å². The molecule has 0 aromatic heterocycles. The molecule has 2 atom stereocenters. The number of carbonyl (C=O) groups is 2. The molecule has 11 heteroatoms. The first-order chi connectivity index (χ1) is 20.5. The average Bonchev–Trinajstić information content (AvgIpc) is 3.49. The van der Waals surface area contributed by atoms with Gasteiger partial charge in [-0.25, -0.2) is 4.39 Å². The van der Waals surface area contributed by atoms with Gasteiger partial charge in [-0.3, -0.25) is 4.79 Å². The number of nitrogens with one attached hydrogen (secondary N) is 1. The van der Waals surface area contributed by atoms with Crippen LogP contribution in [0.2, 0.25) is 15.1 Å². The number of rotatable bonds is 9. The molecular weight excluding hydrogens is 655 g/mol. The van der Waals surface area contributed by atoms with E-state index in [0.717, 1.165) is 11.6 Å². The highest BCUT2D eigenvalue weighted by Gasteiger charge is 2.76. The van der Waals surface area contributed by atoms with Gasteiger partial charge in [0.05, 0.1) is 33.8 Å². The molecule has 0 saturated heterocycles. The molecule has 43 heavy (non-hydrogen) atoms. The van der Waals surface area contributed by atoms with Crippen LogP contribution in [0.4, 0.5) is 15.8 Å². The maximum Gasteiger partial charge on any atom is 0.260 e. The van der Waals surface area contributed by atoms with Crippen molar-refractivity contribution in [1.29, 1.82) is 5.26 Å². The third kappa shape index (κ3) is 6.06. The van der Waals surface area contributed by atoms with E-state index in [1.54, 1.807) is 24.3 Å². The van der Waals surface area contributed by atoms with E-state index in [2.05, 4.69) is 5.32 Å².